The van der Waals surface area contributed by atoms with E-state index in [0.717, 1.165) is 31.6 Å². The first-order valence-electron chi connectivity index (χ1n) is 10.4. The number of phenols is 1. The summed E-state index contributed by atoms with van der Waals surface area (Å²) in [6, 6.07) is 2.76. The van der Waals surface area contributed by atoms with E-state index < -0.39 is 10.1 Å². The Labute approximate surface area is 166 Å². The molecule has 1 aromatic rings. The highest BCUT2D eigenvalue weighted by Gasteiger charge is 2.29. The van der Waals surface area contributed by atoms with E-state index in [4.69, 9.17) is 0 Å². The number of hydrogen-bond acceptors (Lipinski definition) is 3. The van der Waals surface area contributed by atoms with Crippen molar-refractivity contribution >= 4 is 10.1 Å². The molecule has 27 heavy (non-hydrogen) atoms. The van der Waals surface area contributed by atoms with Gasteiger partial charge in [-0.3, -0.25) is 4.55 Å². The summed E-state index contributed by atoms with van der Waals surface area (Å²) in [5.41, 5.74) is 0.783. The van der Waals surface area contributed by atoms with Crippen LogP contribution >= 0.6 is 0 Å². The molecule has 0 saturated heterocycles. The minimum absolute atomic E-state index is 0.139. The molecule has 0 bridgehead atoms. The number of rotatable bonds is 12. The molecule has 0 aromatic heterocycles. The standard InChI is InChI=1S/C22H38O4S/c1-6-17(3)13-11-9-8-10-12-14-22(5,7-2)20-16-19(27(24,25)26)15-18(4)21(20)23/h15-17,23H,6-14H2,1-5H3,(H,24,25,26). The van der Waals surface area contributed by atoms with E-state index in [9.17, 15) is 18.1 Å². The van der Waals surface area contributed by atoms with Gasteiger partial charge in [0.1, 0.15) is 5.75 Å². The van der Waals surface area contributed by atoms with Crippen molar-refractivity contribution in [2.24, 2.45) is 5.92 Å². The highest BCUT2D eigenvalue weighted by Crippen LogP contribution is 2.41. The van der Waals surface area contributed by atoms with Gasteiger partial charge in [0.05, 0.1) is 4.90 Å². The molecular formula is C22H38O4S. The Hall–Kier alpha value is -1.07. The van der Waals surface area contributed by atoms with Gasteiger partial charge in [-0.05, 0) is 48.8 Å². The number of phenolic OH excluding ortho intramolecular Hbond substituents is 1. The van der Waals surface area contributed by atoms with Crippen LogP contribution in [0, 0.1) is 12.8 Å². The molecule has 0 spiro atoms. The summed E-state index contributed by atoms with van der Waals surface area (Å²) < 4.78 is 32.5. The summed E-state index contributed by atoms with van der Waals surface area (Å²) in [5.74, 6) is 0.954. The smallest absolute Gasteiger partial charge is 0.294 e. The Bertz CT molecular complexity index is 697. The van der Waals surface area contributed by atoms with E-state index in [2.05, 4.69) is 27.7 Å². The molecule has 2 N–H and O–H groups in total. The average molecular weight is 399 g/mol. The van der Waals surface area contributed by atoms with Crippen LogP contribution in [0.15, 0.2) is 17.0 Å². The number of aryl methyl sites for hydroxylation is 1. The molecule has 1 aromatic carbocycles. The van der Waals surface area contributed by atoms with Crippen molar-refractivity contribution in [1.29, 1.82) is 0 Å². The Morgan fingerprint density at radius 3 is 2.22 bits per heavy atom. The highest BCUT2D eigenvalue weighted by atomic mass is 32.2. The van der Waals surface area contributed by atoms with Gasteiger partial charge in [0.25, 0.3) is 10.1 Å². The van der Waals surface area contributed by atoms with E-state index in [-0.39, 0.29) is 16.1 Å². The van der Waals surface area contributed by atoms with Crippen molar-refractivity contribution in [3.63, 3.8) is 0 Å². The van der Waals surface area contributed by atoms with Crippen molar-refractivity contribution in [3.05, 3.63) is 23.3 Å². The predicted molar refractivity (Wildman–Crippen MR) is 112 cm³/mol. The molecule has 0 amide bonds. The van der Waals surface area contributed by atoms with Gasteiger partial charge in [-0.1, -0.05) is 72.6 Å². The molecule has 0 fully saturated rings. The largest absolute Gasteiger partial charge is 0.507 e. The van der Waals surface area contributed by atoms with E-state index in [1.807, 2.05) is 0 Å². The molecule has 4 nitrogen and oxygen atoms in total. The van der Waals surface area contributed by atoms with Crippen molar-refractivity contribution in [2.75, 3.05) is 0 Å². The second-order valence-corrected chi connectivity index (χ2v) is 9.77. The molecule has 0 radical (unpaired) electrons. The van der Waals surface area contributed by atoms with Gasteiger partial charge in [-0.25, -0.2) is 0 Å². The number of hydrogen-bond donors (Lipinski definition) is 2. The molecule has 0 aliphatic heterocycles. The van der Waals surface area contributed by atoms with Gasteiger partial charge in [0.15, 0.2) is 0 Å². The molecule has 2 unspecified atom stereocenters. The minimum atomic E-state index is -4.29. The third kappa shape index (κ3) is 7.11. The fourth-order valence-corrected chi connectivity index (χ4v) is 4.19. The lowest BCUT2D eigenvalue weighted by molar-refractivity contribution is 0.366. The summed E-state index contributed by atoms with van der Waals surface area (Å²) in [6.45, 7) is 10.3. The van der Waals surface area contributed by atoms with Gasteiger partial charge in [-0.2, -0.15) is 8.42 Å². The molecule has 0 saturated carbocycles. The van der Waals surface area contributed by atoms with Crippen LogP contribution in [0.25, 0.3) is 0 Å². The van der Waals surface area contributed by atoms with Gasteiger partial charge in [0.2, 0.25) is 0 Å². The summed E-state index contributed by atoms with van der Waals surface area (Å²) in [6.07, 6.45) is 10.2. The van der Waals surface area contributed by atoms with Crippen LogP contribution in [0.2, 0.25) is 0 Å². The first-order chi connectivity index (χ1) is 12.5. The van der Waals surface area contributed by atoms with Gasteiger partial charge in [-0.15, -0.1) is 0 Å². The monoisotopic (exact) mass is 398 g/mol. The quantitative estimate of drug-likeness (QED) is 0.316. The van der Waals surface area contributed by atoms with Crippen molar-refractivity contribution in [3.8, 4) is 5.75 Å². The topological polar surface area (TPSA) is 74.6 Å². The number of aromatic hydroxyl groups is 1. The number of benzene rings is 1. The maximum absolute atomic E-state index is 11.6. The van der Waals surface area contributed by atoms with Crippen LogP contribution in [0.5, 0.6) is 5.75 Å². The zero-order valence-electron chi connectivity index (χ0n) is 17.7. The minimum Gasteiger partial charge on any atom is -0.507 e. The van der Waals surface area contributed by atoms with Crippen LogP contribution < -0.4 is 0 Å². The maximum atomic E-state index is 11.6. The fourth-order valence-electron chi connectivity index (χ4n) is 3.60. The lowest BCUT2D eigenvalue weighted by Crippen LogP contribution is -2.22. The van der Waals surface area contributed by atoms with Crippen LogP contribution in [0.3, 0.4) is 0 Å². The molecule has 1 rings (SSSR count). The van der Waals surface area contributed by atoms with Crippen molar-refractivity contribution in [2.45, 2.75) is 103 Å². The maximum Gasteiger partial charge on any atom is 0.294 e. The molecule has 156 valence electrons. The van der Waals surface area contributed by atoms with E-state index in [1.165, 1.54) is 44.2 Å². The predicted octanol–water partition coefficient (Wildman–Crippen LogP) is 6.39. The second-order valence-electron chi connectivity index (χ2n) is 8.35. The zero-order chi connectivity index (χ0) is 20.7. The normalized spacial score (nSPS) is 15.5. The van der Waals surface area contributed by atoms with E-state index in [0.29, 0.717) is 11.1 Å². The van der Waals surface area contributed by atoms with Crippen LogP contribution in [0.4, 0.5) is 0 Å². The van der Waals surface area contributed by atoms with Crippen LogP contribution in [0.1, 0.15) is 96.6 Å². The third-order valence-corrected chi connectivity index (χ3v) is 6.96. The van der Waals surface area contributed by atoms with E-state index in [1.54, 1.807) is 6.92 Å². The van der Waals surface area contributed by atoms with Gasteiger partial charge < -0.3 is 5.11 Å². The summed E-state index contributed by atoms with van der Waals surface area (Å²) in [4.78, 5) is -0.141. The van der Waals surface area contributed by atoms with E-state index >= 15 is 0 Å². The summed E-state index contributed by atoms with van der Waals surface area (Å²) in [5, 5.41) is 10.5. The van der Waals surface area contributed by atoms with Gasteiger partial charge in [0, 0.05) is 5.56 Å². The lowest BCUT2D eigenvalue weighted by Gasteiger charge is -2.30. The second kappa shape index (κ2) is 10.5. The average Bonchev–Trinajstić information content (AvgIpc) is 2.61. The fraction of sp³-hybridized carbons (Fsp3) is 0.727. The Morgan fingerprint density at radius 2 is 1.67 bits per heavy atom. The SMILES string of the molecule is CCC(C)CCCCCCCC(C)(CC)c1cc(S(=O)(=O)O)cc(C)c1O. The first kappa shape index (κ1) is 24.0. The zero-order valence-corrected chi connectivity index (χ0v) is 18.5. The first-order valence-corrected chi connectivity index (χ1v) is 11.8. The Balaban J connectivity index is 2.74. The summed E-state index contributed by atoms with van der Waals surface area (Å²) in [7, 11) is -4.29. The Kier molecular flexibility index (Phi) is 9.29. The number of unbranched alkanes of at least 4 members (excludes halogenated alkanes) is 4. The molecule has 2 atom stereocenters. The summed E-state index contributed by atoms with van der Waals surface area (Å²) >= 11 is 0. The van der Waals surface area contributed by atoms with Crippen LogP contribution in [-0.2, 0) is 15.5 Å². The highest BCUT2D eigenvalue weighted by molar-refractivity contribution is 7.85. The third-order valence-electron chi connectivity index (χ3n) is 6.12. The molecule has 0 aliphatic rings. The molecular weight excluding hydrogens is 360 g/mol. The van der Waals surface area contributed by atoms with Crippen molar-refractivity contribution in [1.82, 2.24) is 0 Å². The van der Waals surface area contributed by atoms with Gasteiger partial charge >= 0.3 is 0 Å². The van der Waals surface area contributed by atoms with Crippen molar-refractivity contribution < 1.29 is 18.1 Å². The molecule has 5 heteroatoms. The molecule has 0 heterocycles. The molecule has 0 aliphatic carbocycles. The van der Waals surface area contributed by atoms with Crippen LogP contribution in [-0.4, -0.2) is 18.1 Å². The Morgan fingerprint density at radius 1 is 1.07 bits per heavy atom. The lowest BCUT2D eigenvalue weighted by atomic mass is 9.75.